The lowest BCUT2D eigenvalue weighted by atomic mass is 10.1. The average molecular weight is 306 g/mol. The van der Waals surface area contributed by atoms with E-state index in [0.717, 1.165) is 36.5 Å². The number of carbonyl (C=O) groups is 1. The Morgan fingerprint density at radius 2 is 2.09 bits per heavy atom. The molecule has 0 spiro atoms. The van der Waals surface area contributed by atoms with E-state index >= 15 is 0 Å². The molecule has 2 atom stereocenters. The molecule has 22 heavy (non-hydrogen) atoms. The van der Waals surface area contributed by atoms with Crippen molar-refractivity contribution in [2.24, 2.45) is 0 Å². The number of amides is 2. The third-order valence-corrected chi connectivity index (χ3v) is 3.93. The number of hydrogen-bond acceptors (Lipinski definition) is 4. The number of fused-ring (bicyclic) bond motifs is 1. The molecule has 1 saturated heterocycles. The summed E-state index contributed by atoms with van der Waals surface area (Å²) in [6, 6.07) is 5.45. The van der Waals surface area contributed by atoms with Gasteiger partial charge in [0.1, 0.15) is 13.2 Å². The standard InChI is InChI=1S/C16H22N2O4/c1-11(18-16(19)17-10-13-3-2-6-20-13)12-4-5-14-15(9-12)22-8-7-21-14/h4-5,9,11,13H,2-3,6-8,10H2,1H3,(H2,17,18,19)/t11-,13+/m1/s1. The lowest BCUT2D eigenvalue weighted by molar-refractivity contribution is 0.111. The van der Waals surface area contributed by atoms with Crippen LogP contribution in [0, 0.1) is 0 Å². The number of rotatable bonds is 4. The van der Waals surface area contributed by atoms with Crippen LogP contribution < -0.4 is 20.1 Å². The Hall–Kier alpha value is -1.95. The fraction of sp³-hybridized carbons (Fsp3) is 0.562. The van der Waals surface area contributed by atoms with Gasteiger partial charge in [0.2, 0.25) is 0 Å². The summed E-state index contributed by atoms with van der Waals surface area (Å²) in [5.74, 6) is 1.49. The van der Waals surface area contributed by atoms with E-state index < -0.39 is 0 Å². The third-order valence-electron chi connectivity index (χ3n) is 3.93. The van der Waals surface area contributed by atoms with Crippen LogP contribution in [0.4, 0.5) is 4.79 Å². The van der Waals surface area contributed by atoms with E-state index in [0.29, 0.717) is 19.8 Å². The molecular formula is C16H22N2O4. The predicted molar refractivity (Wildman–Crippen MR) is 81.4 cm³/mol. The zero-order chi connectivity index (χ0) is 15.4. The Balaban J connectivity index is 1.52. The number of hydrogen-bond donors (Lipinski definition) is 2. The van der Waals surface area contributed by atoms with E-state index in [9.17, 15) is 4.79 Å². The zero-order valence-electron chi connectivity index (χ0n) is 12.8. The minimum absolute atomic E-state index is 0.111. The predicted octanol–water partition coefficient (Wildman–Crippen LogP) is 2.00. The maximum Gasteiger partial charge on any atom is 0.315 e. The van der Waals surface area contributed by atoms with E-state index in [1.807, 2.05) is 25.1 Å². The minimum atomic E-state index is -0.183. The topological polar surface area (TPSA) is 68.8 Å². The normalized spacial score (nSPS) is 21.2. The molecule has 1 aromatic carbocycles. The number of nitrogens with one attached hydrogen (secondary N) is 2. The largest absolute Gasteiger partial charge is 0.486 e. The van der Waals surface area contributed by atoms with Gasteiger partial charge in [-0.05, 0) is 37.5 Å². The van der Waals surface area contributed by atoms with Crippen LogP contribution in [0.5, 0.6) is 11.5 Å². The van der Waals surface area contributed by atoms with Crippen molar-refractivity contribution in [2.75, 3.05) is 26.4 Å². The fourth-order valence-electron chi connectivity index (χ4n) is 2.67. The molecule has 120 valence electrons. The molecule has 6 nitrogen and oxygen atoms in total. The van der Waals surface area contributed by atoms with Gasteiger partial charge in [0, 0.05) is 13.2 Å². The van der Waals surface area contributed by atoms with Gasteiger partial charge in [-0.2, -0.15) is 0 Å². The summed E-state index contributed by atoms with van der Waals surface area (Å²) >= 11 is 0. The number of carbonyl (C=O) groups excluding carboxylic acids is 1. The van der Waals surface area contributed by atoms with Gasteiger partial charge in [-0.1, -0.05) is 6.07 Å². The summed E-state index contributed by atoms with van der Waals surface area (Å²) < 4.78 is 16.5. The van der Waals surface area contributed by atoms with E-state index in [2.05, 4.69) is 10.6 Å². The maximum atomic E-state index is 11.9. The molecule has 0 saturated carbocycles. The molecule has 2 N–H and O–H groups in total. The van der Waals surface area contributed by atoms with Crippen molar-refractivity contribution in [1.29, 1.82) is 0 Å². The van der Waals surface area contributed by atoms with Crippen LogP contribution in [-0.4, -0.2) is 38.5 Å². The Morgan fingerprint density at radius 1 is 1.27 bits per heavy atom. The second-order valence-corrected chi connectivity index (χ2v) is 5.61. The first-order valence-corrected chi connectivity index (χ1v) is 7.78. The summed E-state index contributed by atoms with van der Waals surface area (Å²) in [6.45, 7) is 4.42. The summed E-state index contributed by atoms with van der Waals surface area (Å²) in [5.41, 5.74) is 0.983. The van der Waals surface area contributed by atoms with Crippen molar-refractivity contribution in [3.8, 4) is 11.5 Å². The summed E-state index contributed by atoms with van der Waals surface area (Å²) in [6.07, 6.45) is 2.23. The summed E-state index contributed by atoms with van der Waals surface area (Å²) in [5, 5.41) is 5.78. The van der Waals surface area contributed by atoms with Gasteiger partial charge in [-0.3, -0.25) is 0 Å². The SMILES string of the molecule is C[C@@H](NC(=O)NC[C@@H]1CCCO1)c1ccc2c(c1)OCCO2. The van der Waals surface area contributed by atoms with Gasteiger partial charge in [0.05, 0.1) is 12.1 Å². The highest BCUT2D eigenvalue weighted by atomic mass is 16.6. The van der Waals surface area contributed by atoms with E-state index in [1.54, 1.807) is 0 Å². The number of ether oxygens (including phenoxy) is 3. The number of urea groups is 1. The molecule has 0 aromatic heterocycles. The molecule has 0 unspecified atom stereocenters. The van der Waals surface area contributed by atoms with Crippen LogP contribution in [0.25, 0.3) is 0 Å². The van der Waals surface area contributed by atoms with Crippen molar-refractivity contribution >= 4 is 6.03 Å². The second kappa shape index (κ2) is 6.87. The number of benzene rings is 1. The quantitative estimate of drug-likeness (QED) is 0.892. The Kier molecular flexibility index (Phi) is 4.68. The minimum Gasteiger partial charge on any atom is -0.486 e. The molecule has 0 bridgehead atoms. The van der Waals surface area contributed by atoms with Crippen LogP contribution in [0.2, 0.25) is 0 Å². The first-order chi connectivity index (χ1) is 10.7. The zero-order valence-corrected chi connectivity index (χ0v) is 12.8. The molecule has 2 aliphatic rings. The highest BCUT2D eigenvalue weighted by molar-refractivity contribution is 5.74. The third kappa shape index (κ3) is 3.62. The van der Waals surface area contributed by atoms with E-state index in [4.69, 9.17) is 14.2 Å². The molecule has 2 heterocycles. The van der Waals surface area contributed by atoms with Crippen molar-refractivity contribution in [2.45, 2.75) is 31.9 Å². The lowest BCUT2D eigenvalue weighted by Gasteiger charge is -2.21. The molecule has 0 aliphatic carbocycles. The van der Waals surface area contributed by atoms with E-state index in [-0.39, 0.29) is 18.2 Å². The molecule has 2 aliphatic heterocycles. The maximum absolute atomic E-state index is 11.9. The Morgan fingerprint density at radius 3 is 2.86 bits per heavy atom. The molecule has 1 fully saturated rings. The van der Waals surface area contributed by atoms with Gasteiger partial charge in [0.25, 0.3) is 0 Å². The second-order valence-electron chi connectivity index (χ2n) is 5.61. The van der Waals surface area contributed by atoms with Crippen molar-refractivity contribution < 1.29 is 19.0 Å². The molecule has 1 aromatic rings. The lowest BCUT2D eigenvalue weighted by Crippen LogP contribution is -2.40. The van der Waals surface area contributed by atoms with Crippen LogP contribution in [-0.2, 0) is 4.74 Å². The summed E-state index contributed by atoms with van der Waals surface area (Å²) in [7, 11) is 0. The van der Waals surface area contributed by atoms with E-state index in [1.165, 1.54) is 0 Å². The van der Waals surface area contributed by atoms with Crippen molar-refractivity contribution in [3.63, 3.8) is 0 Å². The van der Waals surface area contributed by atoms with Gasteiger partial charge in [-0.15, -0.1) is 0 Å². The highest BCUT2D eigenvalue weighted by Gasteiger charge is 2.18. The van der Waals surface area contributed by atoms with Crippen LogP contribution >= 0.6 is 0 Å². The van der Waals surface area contributed by atoms with Crippen LogP contribution in [0.15, 0.2) is 18.2 Å². The Labute approximate surface area is 130 Å². The first-order valence-electron chi connectivity index (χ1n) is 7.78. The highest BCUT2D eigenvalue weighted by Crippen LogP contribution is 2.32. The van der Waals surface area contributed by atoms with Crippen LogP contribution in [0.1, 0.15) is 31.4 Å². The fourth-order valence-corrected chi connectivity index (χ4v) is 2.67. The monoisotopic (exact) mass is 306 g/mol. The smallest absolute Gasteiger partial charge is 0.315 e. The van der Waals surface area contributed by atoms with Gasteiger partial charge >= 0.3 is 6.03 Å². The summed E-state index contributed by atoms with van der Waals surface area (Å²) in [4.78, 5) is 11.9. The molecular weight excluding hydrogens is 284 g/mol. The molecule has 6 heteroatoms. The first kappa shape index (κ1) is 15.0. The molecule has 3 rings (SSSR count). The van der Waals surface area contributed by atoms with Crippen molar-refractivity contribution in [3.05, 3.63) is 23.8 Å². The molecule has 2 amide bonds. The molecule has 0 radical (unpaired) electrons. The van der Waals surface area contributed by atoms with Crippen molar-refractivity contribution in [1.82, 2.24) is 10.6 Å². The average Bonchev–Trinajstić information content (AvgIpc) is 3.06. The van der Waals surface area contributed by atoms with Crippen LogP contribution in [0.3, 0.4) is 0 Å². The van der Waals surface area contributed by atoms with Gasteiger partial charge < -0.3 is 24.8 Å². The van der Waals surface area contributed by atoms with Gasteiger partial charge in [-0.25, -0.2) is 4.79 Å². The van der Waals surface area contributed by atoms with Gasteiger partial charge in [0.15, 0.2) is 11.5 Å². The Bertz CT molecular complexity index is 529.